The Hall–Kier alpha value is -0.410. The number of pyridine rings is 1. The first-order chi connectivity index (χ1) is 6.68. The quantitative estimate of drug-likeness (QED) is 0.820. The fourth-order valence-corrected chi connectivity index (χ4v) is 1.91. The smallest absolute Gasteiger partial charge is 0.0541 e. The van der Waals surface area contributed by atoms with Crippen molar-refractivity contribution in [1.82, 2.24) is 10.3 Å². The number of aromatic nitrogens is 1. The second-order valence-corrected chi connectivity index (χ2v) is 5.18. The lowest BCUT2D eigenvalue weighted by molar-refractivity contribution is 0.511. The van der Waals surface area contributed by atoms with Gasteiger partial charge in [0.15, 0.2) is 0 Å². The van der Waals surface area contributed by atoms with Crippen LogP contribution in [0.4, 0.5) is 0 Å². The topological polar surface area (TPSA) is 24.9 Å². The zero-order valence-corrected chi connectivity index (χ0v) is 10.3. The summed E-state index contributed by atoms with van der Waals surface area (Å²) in [5.74, 6) is 0. The van der Waals surface area contributed by atoms with Crippen molar-refractivity contribution >= 4 is 15.9 Å². The lowest BCUT2D eigenvalue weighted by Crippen LogP contribution is -2.27. The maximum absolute atomic E-state index is 4.26. The van der Waals surface area contributed by atoms with Crippen LogP contribution in [0.25, 0.3) is 0 Å². The average Bonchev–Trinajstić information content (AvgIpc) is 2.15. The van der Waals surface area contributed by atoms with Crippen molar-refractivity contribution in [2.75, 3.05) is 0 Å². The molecule has 2 unspecified atom stereocenters. The van der Waals surface area contributed by atoms with Crippen LogP contribution in [-0.2, 0) is 6.54 Å². The van der Waals surface area contributed by atoms with Crippen molar-refractivity contribution in [3.63, 3.8) is 0 Å². The SMILES string of the molecule is CC(Br)CC(C)NCc1ccccn1. The van der Waals surface area contributed by atoms with Crippen LogP contribution >= 0.6 is 15.9 Å². The summed E-state index contributed by atoms with van der Waals surface area (Å²) in [4.78, 5) is 4.82. The van der Waals surface area contributed by atoms with Crippen LogP contribution in [0.5, 0.6) is 0 Å². The first-order valence-electron chi connectivity index (χ1n) is 4.96. The third-order valence-electron chi connectivity index (χ3n) is 2.04. The second-order valence-electron chi connectivity index (χ2n) is 3.62. The van der Waals surface area contributed by atoms with E-state index in [1.54, 1.807) is 0 Å². The van der Waals surface area contributed by atoms with Gasteiger partial charge in [-0.15, -0.1) is 0 Å². The molecule has 0 aliphatic heterocycles. The van der Waals surface area contributed by atoms with Gasteiger partial charge in [-0.2, -0.15) is 0 Å². The van der Waals surface area contributed by atoms with Crippen LogP contribution in [0.1, 0.15) is 26.0 Å². The Morgan fingerprint density at radius 3 is 2.79 bits per heavy atom. The summed E-state index contributed by atoms with van der Waals surface area (Å²) in [7, 11) is 0. The number of halogens is 1. The van der Waals surface area contributed by atoms with Crippen molar-refractivity contribution in [1.29, 1.82) is 0 Å². The van der Waals surface area contributed by atoms with Crippen LogP contribution in [0.3, 0.4) is 0 Å². The molecule has 0 aliphatic rings. The van der Waals surface area contributed by atoms with Gasteiger partial charge in [0.25, 0.3) is 0 Å². The van der Waals surface area contributed by atoms with E-state index in [1.807, 2.05) is 24.4 Å². The lowest BCUT2D eigenvalue weighted by Gasteiger charge is -2.14. The normalized spacial score (nSPS) is 15.1. The average molecular weight is 257 g/mol. The van der Waals surface area contributed by atoms with Gasteiger partial charge in [0.2, 0.25) is 0 Å². The summed E-state index contributed by atoms with van der Waals surface area (Å²) < 4.78 is 0. The van der Waals surface area contributed by atoms with E-state index in [0.717, 1.165) is 18.7 Å². The highest BCUT2D eigenvalue weighted by molar-refractivity contribution is 9.09. The molecule has 1 aromatic heterocycles. The molecule has 14 heavy (non-hydrogen) atoms. The number of alkyl halides is 1. The van der Waals surface area contributed by atoms with E-state index in [9.17, 15) is 0 Å². The van der Waals surface area contributed by atoms with E-state index in [1.165, 1.54) is 0 Å². The van der Waals surface area contributed by atoms with Gasteiger partial charge in [-0.1, -0.05) is 28.9 Å². The molecule has 1 heterocycles. The van der Waals surface area contributed by atoms with Crippen LogP contribution < -0.4 is 5.32 Å². The van der Waals surface area contributed by atoms with Gasteiger partial charge in [-0.05, 0) is 25.5 Å². The zero-order chi connectivity index (χ0) is 10.4. The molecule has 1 aromatic rings. The largest absolute Gasteiger partial charge is 0.309 e. The monoisotopic (exact) mass is 256 g/mol. The van der Waals surface area contributed by atoms with Crippen LogP contribution in [-0.4, -0.2) is 15.9 Å². The van der Waals surface area contributed by atoms with Crippen molar-refractivity contribution in [3.05, 3.63) is 30.1 Å². The van der Waals surface area contributed by atoms with Gasteiger partial charge < -0.3 is 5.32 Å². The number of hydrogen-bond acceptors (Lipinski definition) is 2. The first kappa shape index (κ1) is 11.7. The Morgan fingerprint density at radius 1 is 1.43 bits per heavy atom. The highest BCUT2D eigenvalue weighted by Crippen LogP contribution is 2.06. The van der Waals surface area contributed by atoms with E-state index in [-0.39, 0.29) is 0 Å². The Kier molecular flexibility index (Phi) is 5.12. The lowest BCUT2D eigenvalue weighted by atomic mass is 10.2. The minimum absolute atomic E-state index is 0.520. The first-order valence-corrected chi connectivity index (χ1v) is 5.87. The van der Waals surface area contributed by atoms with Gasteiger partial charge in [-0.25, -0.2) is 0 Å². The van der Waals surface area contributed by atoms with Gasteiger partial charge in [-0.3, -0.25) is 4.98 Å². The summed E-state index contributed by atoms with van der Waals surface area (Å²) in [6.07, 6.45) is 2.96. The molecule has 2 atom stereocenters. The standard InChI is InChI=1S/C11H17BrN2/c1-9(12)7-10(2)14-8-11-5-3-4-6-13-11/h3-6,9-10,14H,7-8H2,1-2H3. The molecule has 3 heteroatoms. The molecule has 0 saturated heterocycles. The third kappa shape index (κ3) is 4.72. The minimum Gasteiger partial charge on any atom is -0.309 e. The number of nitrogens with one attached hydrogen (secondary N) is 1. The molecule has 1 rings (SSSR count). The molecule has 0 aliphatic carbocycles. The van der Waals surface area contributed by atoms with E-state index in [2.05, 4.69) is 40.1 Å². The van der Waals surface area contributed by atoms with E-state index in [0.29, 0.717) is 10.9 Å². The summed E-state index contributed by atoms with van der Waals surface area (Å²) >= 11 is 3.55. The van der Waals surface area contributed by atoms with E-state index < -0.39 is 0 Å². The molecule has 0 fully saturated rings. The van der Waals surface area contributed by atoms with Crippen molar-refractivity contribution in [3.8, 4) is 0 Å². The van der Waals surface area contributed by atoms with Gasteiger partial charge in [0, 0.05) is 23.6 Å². The predicted octanol–water partition coefficient (Wildman–Crippen LogP) is 2.73. The third-order valence-corrected chi connectivity index (χ3v) is 2.41. The number of rotatable bonds is 5. The van der Waals surface area contributed by atoms with Crippen LogP contribution in [0.2, 0.25) is 0 Å². The number of nitrogens with zero attached hydrogens (tertiary/aromatic N) is 1. The molecule has 0 bridgehead atoms. The Bertz CT molecular complexity index is 249. The fraction of sp³-hybridized carbons (Fsp3) is 0.545. The molecular formula is C11H17BrN2. The van der Waals surface area contributed by atoms with Crippen molar-refractivity contribution in [2.45, 2.75) is 37.7 Å². The van der Waals surface area contributed by atoms with Gasteiger partial charge in [0.05, 0.1) is 5.69 Å². The molecule has 0 aromatic carbocycles. The Morgan fingerprint density at radius 2 is 2.21 bits per heavy atom. The van der Waals surface area contributed by atoms with Crippen LogP contribution in [0, 0.1) is 0 Å². The van der Waals surface area contributed by atoms with Crippen LogP contribution in [0.15, 0.2) is 24.4 Å². The maximum Gasteiger partial charge on any atom is 0.0541 e. The van der Waals surface area contributed by atoms with E-state index >= 15 is 0 Å². The van der Waals surface area contributed by atoms with Gasteiger partial charge in [0.1, 0.15) is 0 Å². The summed E-state index contributed by atoms with van der Waals surface area (Å²) in [5, 5.41) is 3.44. The molecule has 0 radical (unpaired) electrons. The second kappa shape index (κ2) is 6.14. The summed E-state index contributed by atoms with van der Waals surface area (Å²) in [5.41, 5.74) is 1.10. The van der Waals surface area contributed by atoms with Crippen molar-refractivity contribution in [2.24, 2.45) is 0 Å². The highest BCUT2D eigenvalue weighted by atomic mass is 79.9. The maximum atomic E-state index is 4.26. The summed E-state index contributed by atoms with van der Waals surface area (Å²) in [6.45, 7) is 5.21. The molecule has 1 N–H and O–H groups in total. The highest BCUT2D eigenvalue weighted by Gasteiger charge is 2.04. The van der Waals surface area contributed by atoms with Crippen molar-refractivity contribution < 1.29 is 0 Å². The Balaban J connectivity index is 2.27. The molecule has 0 spiro atoms. The predicted molar refractivity (Wildman–Crippen MR) is 63.5 cm³/mol. The fourth-order valence-electron chi connectivity index (χ4n) is 1.35. The molecule has 0 saturated carbocycles. The zero-order valence-electron chi connectivity index (χ0n) is 8.70. The van der Waals surface area contributed by atoms with Gasteiger partial charge >= 0.3 is 0 Å². The Labute approximate surface area is 94.3 Å². The molecule has 0 amide bonds. The minimum atomic E-state index is 0.520. The van der Waals surface area contributed by atoms with E-state index in [4.69, 9.17) is 0 Å². The molecule has 78 valence electrons. The number of hydrogen-bond donors (Lipinski definition) is 1. The summed E-state index contributed by atoms with van der Waals surface area (Å²) in [6, 6.07) is 6.51. The molecular weight excluding hydrogens is 240 g/mol. The molecule has 2 nitrogen and oxygen atoms in total.